The molecule has 1 aliphatic heterocycles. The predicted octanol–water partition coefficient (Wildman–Crippen LogP) is 5.35. The highest BCUT2D eigenvalue weighted by Gasteiger charge is 2.78. The lowest BCUT2D eigenvalue weighted by molar-refractivity contribution is -0.347. The van der Waals surface area contributed by atoms with Crippen LogP contribution in [0.25, 0.3) is 0 Å². The summed E-state index contributed by atoms with van der Waals surface area (Å²) >= 11 is 0. The summed E-state index contributed by atoms with van der Waals surface area (Å²) in [7, 11) is 2.78. The number of alkyl carbamates (subject to hydrolysis) is 1. The van der Waals surface area contributed by atoms with Crippen molar-refractivity contribution >= 4 is 29.8 Å². The smallest absolute Gasteiger partial charge is 0.408 e. The van der Waals surface area contributed by atoms with Crippen LogP contribution in [-0.2, 0) is 47.5 Å². The van der Waals surface area contributed by atoms with Crippen molar-refractivity contribution < 1.29 is 72.5 Å². The van der Waals surface area contributed by atoms with Crippen molar-refractivity contribution in [2.24, 2.45) is 16.7 Å². The molecule has 16 nitrogen and oxygen atoms in total. The van der Waals surface area contributed by atoms with E-state index in [2.05, 4.69) is 5.32 Å². The number of aliphatic hydroxyl groups is 3. The summed E-state index contributed by atoms with van der Waals surface area (Å²) in [5.74, 6) is -4.52. The molecule has 2 unspecified atom stereocenters. The molecule has 4 N–H and O–H groups in total. The van der Waals surface area contributed by atoms with Gasteiger partial charge >= 0.3 is 24.0 Å². The first-order chi connectivity index (χ1) is 30.3. The molecule has 1 saturated heterocycles. The predicted molar refractivity (Wildman–Crippen MR) is 235 cm³/mol. The van der Waals surface area contributed by atoms with E-state index in [0.29, 0.717) is 11.1 Å². The van der Waals surface area contributed by atoms with E-state index in [0.717, 1.165) is 6.42 Å². The van der Waals surface area contributed by atoms with Gasteiger partial charge in [-0.25, -0.2) is 14.4 Å². The van der Waals surface area contributed by atoms with E-state index < -0.39 is 112 Å². The Hall–Kier alpha value is -4.71. The number of aliphatic hydroxyl groups excluding tert-OH is 2. The van der Waals surface area contributed by atoms with Crippen LogP contribution in [0, 0.1) is 16.7 Å². The average Bonchev–Trinajstić information content (AvgIpc) is 3.24. The van der Waals surface area contributed by atoms with Crippen molar-refractivity contribution in [2.75, 3.05) is 20.8 Å². The maximum atomic E-state index is 15.5. The molecule has 2 aromatic carbocycles. The van der Waals surface area contributed by atoms with Crippen LogP contribution in [0.3, 0.4) is 0 Å². The molecule has 0 spiro atoms. The molecule has 16 heteroatoms. The number of ketones is 1. The van der Waals surface area contributed by atoms with Gasteiger partial charge in [-0.2, -0.15) is 0 Å². The maximum absolute atomic E-state index is 15.5. The molecular formula is C49H67NO15. The summed E-state index contributed by atoms with van der Waals surface area (Å²) < 4.78 is 42.4. The minimum absolute atomic E-state index is 0.116. The molecule has 65 heavy (non-hydrogen) atoms. The van der Waals surface area contributed by atoms with Gasteiger partial charge in [0.05, 0.1) is 41.8 Å². The third kappa shape index (κ3) is 9.75. The van der Waals surface area contributed by atoms with Gasteiger partial charge in [-0.05, 0) is 76.8 Å². The van der Waals surface area contributed by atoms with Gasteiger partial charge in [-0.3, -0.25) is 9.59 Å². The SMILES string of the molecule is CCC(C)O.CO[C@H]1C(=O)[C@@]2(C)C([C@H](OC(=O)c3ccccc3)[C@]3(O)C[C@H](OC(=O)[C@H](O)[C@@H](NC(=O)OC(C)(C)C)c4ccccc4)C(C)=C1C3(C)C)[C@]1(OC(C)=O)CO[C@@H]1C[C@@H]2OC. The molecule has 1 heterocycles. The third-order valence-electron chi connectivity index (χ3n) is 13.6. The van der Waals surface area contributed by atoms with Gasteiger partial charge in [0.25, 0.3) is 0 Å². The van der Waals surface area contributed by atoms with Gasteiger partial charge in [0, 0.05) is 39.4 Å². The highest BCUT2D eigenvalue weighted by molar-refractivity contribution is 5.94. The number of Topliss-reactive ketones (excluding diaryl/α,β-unsaturated/α-hetero) is 1. The molecule has 2 saturated carbocycles. The van der Waals surface area contributed by atoms with E-state index >= 15 is 4.79 Å². The molecule has 12 atom stereocenters. The van der Waals surface area contributed by atoms with Gasteiger partial charge in [0.2, 0.25) is 0 Å². The lowest BCUT2D eigenvalue weighted by Gasteiger charge is -2.67. The summed E-state index contributed by atoms with van der Waals surface area (Å²) in [4.78, 5) is 70.1. The number of rotatable bonds is 11. The van der Waals surface area contributed by atoms with E-state index in [1.165, 1.54) is 21.1 Å². The zero-order valence-corrected chi connectivity index (χ0v) is 39.5. The molecule has 1 amide bonds. The van der Waals surface area contributed by atoms with E-state index in [9.17, 15) is 29.4 Å². The van der Waals surface area contributed by atoms with Crippen molar-refractivity contribution in [1.82, 2.24) is 5.32 Å². The Kier molecular flexibility index (Phi) is 15.5. The van der Waals surface area contributed by atoms with Crippen molar-refractivity contribution in [3.05, 3.63) is 82.9 Å². The van der Waals surface area contributed by atoms with Gasteiger partial charge < -0.3 is 53.8 Å². The van der Waals surface area contributed by atoms with Crippen molar-refractivity contribution in [3.63, 3.8) is 0 Å². The van der Waals surface area contributed by atoms with Crippen molar-refractivity contribution in [2.45, 2.75) is 154 Å². The first kappa shape index (κ1) is 51.3. The van der Waals surface area contributed by atoms with Gasteiger partial charge in [0.1, 0.15) is 35.6 Å². The topological polar surface area (TPSA) is 223 Å². The van der Waals surface area contributed by atoms with Crippen LogP contribution < -0.4 is 5.32 Å². The van der Waals surface area contributed by atoms with E-state index in [-0.39, 0.29) is 30.3 Å². The summed E-state index contributed by atoms with van der Waals surface area (Å²) in [5, 5.41) is 36.3. The van der Waals surface area contributed by atoms with E-state index in [1.54, 1.807) is 116 Å². The highest BCUT2D eigenvalue weighted by atomic mass is 16.6. The Bertz CT molecular complexity index is 2080. The molecule has 4 aliphatic rings. The molecule has 3 aliphatic carbocycles. The number of esters is 3. The van der Waals surface area contributed by atoms with Crippen LogP contribution in [0.5, 0.6) is 0 Å². The monoisotopic (exact) mass is 909 g/mol. The zero-order chi connectivity index (χ0) is 48.4. The average molecular weight is 910 g/mol. The molecule has 0 radical (unpaired) electrons. The summed E-state index contributed by atoms with van der Waals surface area (Å²) in [6, 6.07) is 15.1. The standard InChI is InChI=1S/C45H57NO14.C4H10O/c1-24-28(57-39(51)33(48)32(26-17-13-11-14-18-26)46-40(52)60-41(3,4)5)22-45(53)37(58-38(50)27-19-15-12-16-20-27)35-43(8,36(49)34(55-10)31(24)42(45,6)7)29(54-9)21-30-44(35,23-56-30)59-25(2)47;1-3-4(2)5/h11-20,28-30,32-35,37,48,53H,21-23H2,1-10H3,(H,46,52);4-5H,3H2,1-2H3/t28-,29-,30+,32-,33+,34+,35?,37-,43+,44-,45+;/m0./s1. The summed E-state index contributed by atoms with van der Waals surface area (Å²) in [6.45, 7) is 16.4. The molecule has 6 rings (SSSR count). The Morgan fingerprint density at radius 1 is 0.938 bits per heavy atom. The number of fused-ring (bicyclic) bond motifs is 5. The van der Waals surface area contributed by atoms with Gasteiger partial charge in [-0.15, -0.1) is 0 Å². The first-order valence-corrected chi connectivity index (χ1v) is 22.1. The number of benzene rings is 2. The molecular weight excluding hydrogens is 843 g/mol. The second-order valence-electron chi connectivity index (χ2n) is 19.3. The number of methoxy groups -OCH3 is 2. The highest BCUT2D eigenvalue weighted by Crippen LogP contribution is 2.64. The lowest BCUT2D eigenvalue weighted by atomic mass is 9.44. The van der Waals surface area contributed by atoms with Crippen LogP contribution in [0.2, 0.25) is 0 Å². The minimum atomic E-state index is -2.22. The Morgan fingerprint density at radius 3 is 2.02 bits per heavy atom. The normalized spacial score (nSPS) is 31.6. The lowest BCUT2D eigenvalue weighted by Crippen LogP contribution is -2.82. The van der Waals surface area contributed by atoms with Crippen LogP contribution in [0.4, 0.5) is 4.79 Å². The van der Waals surface area contributed by atoms with Gasteiger partial charge in [-0.1, -0.05) is 69.3 Å². The fourth-order valence-corrected chi connectivity index (χ4v) is 10.1. The molecule has 2 aromatic rings. The molecule has 358 valence electrons. The molecule has 2 bridgehead atoms. The number of ether oxygens (including phenoxy) is 7. The molecule has 3 fully saturated rings. The zero-order valence-electron chi connectivity index (χ0n) is 39.5. The van der Waals surface area contributed by atoms with Crippen molar-refractivity contribution in [3.8, 4) is 0 Å². The fourth-order valence-electron chi connectivity index (χ4n) is 10.1. The number of carbonyl (C=O) groups excluding carboxylic acids is 5. The third-order valence-corrected chi connectivity index (χ3v) is 13.6. The van der Waals surface area contributed by atoms with Crippen LogP contribution in [-0.4, -0.2) is 125 Å². The van der Waals surface area contributed by atoms with E-state index in [4.69, 9.17) is 38.3 Å². The Labute approximate surface area is 381 Å². The van der Waals surface area contributed by atoms with Crippen LogP contribution >= 0.6 is 0 Å². The number of carbonyl (C=O) groups is 5. The van der Waals surface area contributed by atoms with Gasteiger partial charge in [0.15, 0.2) is 17.5 Å². The van der Waals surface area contributed by atoms with Crippen molar-refractivity contribution in [1.29, 1.82) is 0 Å². The second-order valence-corrected chi connectivity index (χ2v) is 19.3. The Balaban J connectivity index is 0.00000150. The summed E-state index contributed by atoms with van der Waals surface area (Å²) in [5.41, 5.74) is -6.72. The first-order valence-electron chi connectivity index (χ1n) is 22.1. The fraction of sp³-hybridized carbons (Fsp3) is 0.612. The minimum Gasteiger partial charge on any atom is -0.456 e. The number of amides is 1. The van der Waals surface area contributed by atoms with Crippen LogP contribution in [0.1, 0.15) is 110 Å². The number of hydrogen-bond donors (Lipinski definition) is 4. The molecule has 0 aromatic heterocycles. The second kappa shape index (κ2) is 19.6. The quantitative estimate of drug-likeness (QED) is 0.127. The maximum Gasteiger partial charge on any atom is 0.408 e. The number of hydrogen-bond acceptors (Lipinski definition) is 15. The van der Waals surface area contributed by atoms with Crippen LogP contribution in [0.15, 0.2) is 71.8 Å². The van der Waals surface area contributed by atoms with E-state index in [1.807, 2.05) is 6.92 Å². The summed E-state index contributed by atoms with van der Waals surface area (Å²) in [6.07, 6.45) is -8.57. The Morgan fingerprint density at radius 2 is 1.52 bits per heavy atom. The number of nitrogens with one attached hydrogen (secondary N) is 1. The largest absolute Gasteiger partial charge is 0.456 e.